The molecule has 0 saturated heterocycles. The summed E-state index contributed by atoms with van der Waals surface area (Å²) in [6.45, 7) is 2.17. The second-order valence-corrected chi connectivity index (χ2v) is 9.61. The van der Waals surface area contributed by atoms with E-state index in [4.69, 9.17) is 0 Å². The van der Waals surface area contributed by atoms with Crippen molar-refractivity contribution in [3.63, 3.8) is 0 Å². The van der Waals surface area contributed by atoms with E-state index in [0.717, 1.165) is 12.8 Å². The van der Waals surface area contributed by atoms with Crippen LogP contribution < -0.4 is 4.57 Å². The summed E-state index contributed by atoms with van der Waals surface area (Å²) < 4.78 is 11.4. The Labute approximate surface area is 183 Å². The van der Waals surface area contributed by atoms with Gasteiger partial charge in [0.05, 0.1) is 0 Å². The monoisotopic (exact) mass is 397 g/mol. The van der Waals surface area contributed by atoms with Crippen LogP contribution in [0.15, 0.2) is 66.9 Å². The molecule has 0 atom stereocenters. The molecule has 0 bridgehead atoms. The van der Waals surface area contributed by atoms with Crippen molar-refractivity contribution in [2.75, 3.05) is 0 Å². The molecule has 30 heavy (non-hydrogen) atoms. The summed E-state index contributed by atoms with van der Waals surface area (Å²) in [6.07, 6.45) is 12.3. The van der Waals surface area contributed by atoms with E-state index in [9.17, 15) is 1.37 Å². The van der Waals surface area contributed by atoms with Crippen LogP contribution in [-0.2, 0) is 7.05 Å². The van der Waals surface area contributed by atoms with Gasteiger partial charge in [0.25, 0.3) is 0 Å². The molecule has 2 aromatic carbocycles. The first-order valence-electron chi connectivity index (χ1n) is 12.1. The number of benzene rings is 2. The summed E-state index contributed by atoms with van der Waals surface area (Å²) in [5, 5.41) is 0. The fourth-order valence-corrected chi connectivity index (χ4v) is 5.77. The van der Waals surface area contributed by atoms with Crippen LogP contribution in [0.4, 0.5) is 0 Å². The van der Waals surface area contributed by atoms with Crippen molar-refractivity contribution in [1.29, 1.82) is 0 Å². The molecule has 0 unspecified atom stereocenters. The first-order chi connectivity index (χ1) is 15.0. The highest BCUT2D eigenvalue weighted by atomic mass is 14.9. The second kappa shape index (κ2) is 8.02. The first-order valence-corrected chi connectivity index (χ1v) is 11.6. The van der Waals surface area contributed by atoms with Gasteiger partial charge in [-0.1, -0.05) is 55.3 Å². The van der Waals surface area contributed by atoms with Crippen LogP contribution in [0.25, 0.3) is 22.4 Å². The Morgan fingerprint density at radius 1 is 0.867 bits per heavy atom. The Hall–Kier alpha value is -2.41. The molecular formula is C29H34N+. The van der Waals surface area contributed by atoms with E-state index in [1.165, 1.54) is 72.0 Å². The van der Waals surface area contributed by atoms with Gasteiger partial charge in [-0.15, -0.1) is 0 Å². The van der Waals surface area contributed by atoms with E-state index in [0.29, 0.717) is 5.41 Å². The van der Waals surface area contributed by atoms with Gasteiger partial charge in [-0.3, -0.25) is 0 Å². The highest BCUT2D eigenvalue weighted by Gasteiger charge is 2.37. The van der Waals surface area contributed by atoms with Crippen LogP contribution in [0.3, 0.4) is 0 Å². The zero-order valence-corrected chi connectivity index (χ0v) is 18.5. The minimum Gasteiger partial charge on any atom is -0.201 e. The maximum absolute atomic E-state index is 9.18. The van der Waals surface area contributed by atoms with Gasteiger partial charge in [0, 0.05) is 19.1 Å². The SMILES string of the molecule is [2H]C1(c2ccc(-c3cc[n+](C)c(-c4ccccc4C)c3)cc2)CCC2(CCCC2)CC1. The van der Waals surface area contributed by atoms with Gasteiger partial charge in [-0.05, 0) is 85.1 Å². The summed E-state index contributed by atoms with van der Waals surface area (Å²) in [5.41, 5.74) is 8.03. The molecule has 3 aromatic rings. The van der Waals surface area contributed by atoms with Crippen molar-refractivity contribution in [2.24, 2.45) is 12.5 Å². The Morgan fingerprint density at radius 3 is 2.27 bits per heavy atom. The number of hydrogen-bond donors (Lipinski definition) is 0. The minimum atomic E-state index is -0.401. The molecule has 1 nitrogen and oxygen atoms in total. The van der Waals surface area contributed by atoms with E-state index in [2.05, 4.69) is 85.4 Å². The number of aryl methyl sites for hydroxylation is 2. The molecule has 1 heterocycles. The fourth-order valence-electron chi connectivity index (χ4n) is 5.77. The average molecular weight is 398 g/mol. The highest BCUT2D eigenvalue weighted by molar-refractivity contribution is 5.70. The molecule has 2 aliphatic rings. The van der Waals surface area contributed by atoms with Crippen molar-refractivity contribution in [3.8, 4) is 22.4 Å². The van der Waals surface area contributed by atoms with Crippen molar-refractivity contribution >= 4 is 0 Å². The van der Waals surface area contributed by atoms with Gasteiger partial charge >= 0.3 is 0 Å². The molecular weight excluding hydrogens is 362 g/mol. The average Bonchev–Trinajstić information content (AvgIpc) is 3.26. The van der Waals surface area contributed by atoms with E-state index in [1.54, 1.807) is 0 Å². The molecule has 0 aliphatic heterocycles. The van der Waals surface area contributed by atoms with Crippen LogP contribution in [0.5, 0.6) is 0 Å². The number of aromatic nitrogens is 1. The Morgan fingerprint density at radius 2 is 1.57 bits per heavy atom. The summed E-state index contributed by atoms with van der Waals surface area (Å²) in [4.78, 5) is 0. The van der Waals surface area contributed by atoms with Crippen molar-refractivity contribution in [2.45, 2.75) is 64.2 Å². The lowest BCUT2D eigenvalue weighted by atomic mass is 9.68. The van der Waals surface area contributed by atoms with Gasteiger partial charge in [0.1, 0.15) is 7.05 Å². The van der Waals surface area contributed by atoms with Gasteiger partial charge in [-0.25, -0.2) is 4.57 Å². The zero-order chi connectivity index (χ0) is 21.5. The zero-order valence-electron chi connectivity index (χ0n) is 19.5. The van der Waals surface area contributed by atoms with Crippen molar-refractivity contribution in [3.05, 3.63) is 78.0 Å². The van der Waals surface area contributed by atoms with Gasteiger partial charge in [0.2, 0.25) is 5.69 Å². The van der Waals surface area contributed by atoms with Gasteiger partial charge in [0.15, 0.2) is 6.20 Å². The standard InChI is InChI=1S/C29H34N/c1-22-7-3-4-8-27(22)28-21-26(15-20-30(28)2)24-11-9-23(10-12-24)25-13-18-29(19-14-25)16-5-6-17-29/h3-4,7-12,15,20-21,25H,5-6,13-14,16-19H2,1-2H3/q+1/i25D. The minimum absolute atomic E-state index is 0.401. The van der Waals surface area contributed by atoms with E-state index in [1.807, 2.05) is 0 Å². The predicted molar refractivity (Wildman–Crippen MR) is 125 cm³/mol. The molecule has 1 spiro atoms. The van der Waals surface area contributed by atoms with Crippen LogP contribution >= 0.6 is 0 Å². The lowest BCUT2D eigenvalue weighted by Gasteiger charge is -2.37. The molecule has 154 valence electrons. The summed E-state index contributed by atoms with van der Waals surface area (Å²) in [7, 11) is 2.11. The molecule has 2 saturated carbocycles. The highest BCUT2D eigenvalue weighted by Crippen LogP contribution is 2.52. The number of pyridine rings is 1. The lowest BCUT2D eigenvalue weighted by molar-refractivity contribution is -0.660. The van der Waals surface area contributed by atoms with Gasteiger partial charge in [-0.2, -0.15) is 0 Å². The Bertz CT molecular complexity index is 1070. The molecule has 0 radical (unpaired) electrons. The molecule has 5 rings (SSSR count). The van der Waals surface area contributed by atoms with Gasteiger partial charge < -0.3 is 0 Å². The number of rotatable bonds is 3. The molecule has 2 aliphatic carbocycles. The molecule has 1 heteroatoms. The largest absolute Gasteiger partial charge is 0.213 e. The second-order valence-electron chi connectivity index (χ2n) is 9.61. The summed E-state index contributed by atoms with van der Waals surface area (Å²) in [6, 6.07) is 21.9. The van der Waals surface area contributed by atoms with E-state index < -0.39 is 5.89 Å². The van der Waals surface area contributed by atoms with Crippen molar-refractivity contribution < 1.29 is 5.94 Å². The van der Waals surface area contributed by atoms with E-state index >= 15 is 0 Å². The molecule has 0 N–H and O–H groups in total. The first kappa shape index (κ1) is 18.4. The number of hydrogen-bond acceptors (Lipinski definition) is 0. The van der Waals surface area contributed by atoms with Crippen LogP contribution in [0.1, 0.15) is 69.8 Å². The molecule has 0 amide bonds. The third kappa shape index (κ3) is 3.71. The van der Waals surface area contributed by atoms with Crippen molar-refractivity contribution in [1.82, 2.24) is 0 Å². The van der Waals surface area contributed by atoms with Crippen LogP contribution in [0.2, 0.25) is 0 Å². The lowest BCUT2D eigenvalue weighted by Crippen LogP contribution is -2.30. The van der Waals surface area contributed by atoms with Crippen LogP contribution in [-0.4, -0.2) is 0 Å². The third-order valence-electron chi connectivity index (χ3n) is 7.78. The third-order valence-corrected chi connectivity index (χ3v) is 7.78. The molecule has 1 aromatic heterocycles. The normalized spacial score (nSPS) is 20.3. The maximum atomic E-state index is 9.18. The smallest absolute Gasteiger partial charge is 0.201 e. The van der Waals surface area contributed by atoms with E-state index in [-0.39, 0.29) is 0 Å². The topological polar surface area (TPSA) is 3.88 Å². The fraction of sp³-hybridized carbons (Fsp3) is 0.414. The van der Waals surface area contributed by atoms with Crippen LogP contribution in [0, 0.1) is 12.3 Å². The predicted octanol–water partition coefficient (Wildman–Crippen LogP) is 7.37. The maximum Gasteiger partial charge on any atom is 0.213 e. The summed E-state index contributed by atoms with van der Waals surface area (Å²) in [5.74, 6) is -0.401. The number of nitrogens with zero attached hydrogens (tertiary/aromatic N) is 1. The Kier molecular flexibility index (Phi) is 4.91. The quantitative estimate of drug-likeness (QED) is 0.406. The molecule has 2 fully saturated rings. The Balaban J connectivity index is 1.39. The summed E-state index contributed by atoms with van der Waals surface area (Å²) >= 11 is 0.